The maximum atomic E-state index is 12.7. The highest BCUT2D eigenvalue weighted by Gasteiger charge is 2.25. The maximum absolute atomic E-state index is 12.7. The van der Waals surface area contributed by atoms with Gasteiger partial charge in [0.05, 0.1) is 17.7 Å². The van der Waals surface area contributed by atoms with Gasteiger partial charge in [0.25, 0.3) is 5.91 Å². The summed E-state index contributed by atoms with van der Waals surface area (Å²) in [6, 6.07) is 12.2. The number of hydrogen-bond acceptors (Lipinski definition) is 4. The third kappa shape index (κ3) is 4.28. The van der Waals surface area contributed by atoms with Crippen LogP contribution in [0.5, 0.6) is 0 Å². The number of amides is 1. The van der Waals surface area contributed by atoms with Crippen molar-refractivity contribution in [3.05, 3.63) is 64.8 Å². The van der Waals surface area contributed by atoms with E-state index in [2.05, 4.69) is 10.3 Å². The smallest absolute Gasteiger partial charge is 0.328 e. The Labute approximate surface area is 166 Å². The Hall–Kier alpha value is -2.44. The number of halogens is 1. The molecule has 0 saturated carbocycles. The fraction of sp³-hybridized carbons (Fsp3) is 0.200. The molecule has 1 amide bonds. The van der Waals surface area contributed by atoms with Crippen molar-refractivity contribution in [1.29, 1.82) is 0 Å². The second kappa shape index (κ2) is 8.50. The molecule has 0 spiro atoms. The fourth-order valence-corrected chi connectivity index (χ4v) is 3.54. The number of fused-ring (bicyclic) bond motifs is 1. The number of rotatable bonds is 6. The lowest BCUT2D eigenvalue weighted by molar-refractivity contribution is -0.142. The minimum absolute atomic E-state index is 0.308. The van der Waals surface area contributed by atoms with Crippen molar-refractivity contribution in [2.24, 2.45) is 0 Å². The quantitative estimate of drug-likeness (QED) is 0.482. The van der Waals surface area contributed by atoms with Gasteiger partial charge in [0.15, 0.2) is 0 Å². The lowest BCUT2D eigenvalue weighted by Crippen LogP contribution is -2.43. The van der Waals surface area contributed by atoms with Gasteiger partial charge in [-0.3, -0.25) is 4.79 Å². The van der Waals surface area contributed by atoms with E-state index < -0.39 is 17.9 Å². The minimum Gasteiger partial charge on any atom is -0.467 e. The fourth-order valence-electron chi connectivity index (χ4n) is 2.90. The summed E-state index contributed by atoms with van der Waals surface area (Å²) in [7, 11) is 1.30. The third-order valence-electron chi connectivity index (χ3n) is 4.31. The topological polar surface area (TPSA) is 71.2 Å². The zero-order valence-corrected chi connectivity index (χ0v) is 16.5. The number of esters is 1. The SMILES string of the molecule is COC(=O)C(Cc1c[nH]c2ccccc12)NC(=O)c1cc(SC)ccc1Cl. The van der Waals surface area contributed by atoms with Gasteiger partial charge in [-0.25, -0.2) is 4.79 Å². The number of H-pyrrole nitrogens is 1. The summed E-state index contributed by atoms with van der Waals surface area (Å²) in [4.78, 5) is 29.1. The van der Waals surface area contributed by atoms with E-state index in [1.165, 1.54) is 18.9 Å². The van der Waals surface area contributed by atoms with E-state index in [9.17, 15) is 9.59 Å². The summed E-state index contributed by atoms with van der Waals surface area (Å²) in [5.41, 5.74) is 2.22. The highest BCUT2D eigenvalue weighted by Crippen LogP contribution is 2.24. The Morgan fingerprint density at radius 2 is 2.04 bits per heavy atom. The van der Waals surface area contributed by atoms with Crippen molar-refractivity contribution in [2.45, 2.75) is 17.4 Å². The molecule has 0 aliphatic carbocycles. The highest BCUT2D eigenvalue weighted by molar-refractivity contribution is 7.98. The van der Waals surface area contributed by atoms with Gasteiger partial charge in [-0.05, 0) is 36.1 Å². The highest BCUT2D eigenvalue weighted by atomic mass is 35.5. The predicted molar refractivity (Wildman–Crippen MR) is 109 cm³/mol. The Kier molecular flexibility index (Phi) is 6.08. The van der Waals surface area contributed by atoms with E-state index in [0.29, 0.717) is 17.0 Å². The second-order valence-electron chi connectivity index (χ2n) is 5.96. The molecule has 3 aromatic rings. The van der Waals surface area contributed by atoms with Crippen molar-refractivity contribution in [3.8, 4) is 0 Å². The number of carbonyl (C=O) groups excluding carboxylic acids is 2. The number of aromatic nitrogens is 1. The average Bonchev–Trinajstić information content (AvgIpc) is 3.10. The van der Waals surface area contributed by atoms with Gasteiger partial charge in [-0.1, -0.05) is 29.8 Å². The first-order valence-electron chi connectivity index (χ1n) is 8.30. The number of hydrogen-bond donors (Lipinski definition) is 2. The summed E-state index contributed by atoms with van der Waals surface area (Å²) < 4.78 is 4.88. The minimum atomic E-state index is -0.823. The Bertz CT molecular complexity index is 986. The molecule has 3 rings (SSSR count). The van der Waals surface area contributed by atoms with Crippen LogP contribution in [0.1, 0.15) is 15.9 Å². The number of carbonyl (C=O) groups is 2. The second-order valence-corrected chi connectivity index (χ2v) is 7.25. The molecule has 2 aromatic carbocycles. The van der Waals surface area contributed by atoms with Crippen molar-refractivity contribution in [3.63, 3.8) is 0 Å². The van der Waals surface area contributed by atoms with Crippen LogP contribution in [-0.4, -0.2) is 36.3 Å². The average molecular weight is 403 g/mol. The van der Waals surface area contributed by atoms with Crippen LogP contribution in [-0.2, 0) is 16.0 Å². The van der Waals surface area contributed by atoms with Gasteiger partial charge >= 0.3 is 5.97 Å². The molecule has 0 aliphatic heterocycles. The Balaban J connectivity index is 1.85. The molecular formula is C20H19ClN2O3S. The van der Waals surface area contributed by atoms with E-state index in [1.807, 2.05) is 42.8 Å². The summed E-state index contributed by atoms with van der Waals surface area (Å²) >= 11 is 7.68. The molecule has 7 heteroatoms. The number of para-hydroxylation sites is 1. The molecule has 27 heavy (non-hydrogen) atoms. The molecule has 1 unspecified atom stereocenters. The lowest BCUT2D eigenvalue weighted by Gasteiger charge is -2.17. The van der Waals surface area contributed by atoms with Crippen LogP contribution >= 0.6 is 23.4 Å². The molecule has 2 N–H and O–H groups in total. The number of ether oxygens (including phenoxy) is 1. The number of nitrogens with one attached hydrogen (secondary N) is 2. The number of benzene rings is 2. The van der Waals surface area contributed by atoms with Crippen molar-refractivity contribution in [1.82, 2.24) is 10.3 Å². The zero-order chi connectivity index (χ0) is 19.4. The van der Waals surface area contributed by atoms with Crippen LogP contribution in [0.15, 0.2) is 53.6 Å². The van der Waals surface area contributed by atoms with Crippen molar-refractivity contribution >= 4 is 46.1 Å². The van der Waals surface area contributed by atoms with Crippen molar-refractivity contribution in [2.75, 3.05) is 13.4 Å². The number of methoxy groups -OCH3 is 1. The zero-order valence-electron chi connectivity index (χ0n) is 14.9. The van der Waals surface area contributed by atoms with Crippen LogP contribution in [0.4, 0.5) is 0 Å². The molecule has 1 atom stereocenters. The first kappa shape index (κ1) is 19.3. The summed E-state index contributed by atoms with van der Waals surface area (Å²) in [6.45, 7) is 0. The molecule has 5 nitrogen and oxygen atoms in total. The first-order valence-corrected chi connectivity index (χ1v) is 9.91. The Morgan fingerprint density at radius 3 is 2.78 bits per heavy atom. The molecule has 0 aliphatic rings. The molecule has 0 radical (unpaired) electrons. The van der Waals surface area contributed by atoms with Crippen LogP contribution in [0.3, 0.4) is 0 Å². The van der Waals surface area contributed by atoms with Gasteiger partial charge in [-0.15, -0.1) is 11.8 Å². The monoisotopic (exact) mass is 402 g/mol. The molecule has 0 saturated heterocycles. The maximum Gasteiger partial charge on any atom is 0.328 e. The van der Waals surface area contributed by atoms with Gasteiger partial charge in [-0.2, -0.15) is 0 Å². The van der Waals surface area contributed by atoms with E-state index >= 15 is 0 Å². The molecule has 0 bridgehead atoms. The van der Waals surface area contributed by atoms with E-state index in [1.54, 1.807) is 12.1 Å². The van der Waals surface area contributed by atoms with E-state index in [4.69, 9.17) is 16.3 Å². The van der Waals surface area contributed by atoms with E-state index in [-0.39, 0.29) is 0 Å². The molecule has 0 fully saturated rings. The third-order valence-corrected chi connectivity index (χ3v) is 5.36. The molecule has 140 valence electrons. The van der Waals surface area contributed by atoms with Crippen LogP contribution in [0, 0.1) is 0 Å². The predicted octanol–water partition coefficient (Wildman–Crippen LogP) is 4.06. The van der Waals surface area contributed by atoms with Crippen LogP contribution < -0.4 is 5.32 Å². The lowest BCUT2D eigenvalue weighted by atomic mass is 10.0. The van der Waals surface area contributed by atoms with Gasteiger partial charge in [0.2, 0.25) is 0 Å². The largest absolute Gasteiger partial charge is 0.467 e. The van der Waals surface area contributed by atoms with Crippen LogP contribution in [0.25, 0.3) is 10.9 Å². The first-order chi connectivity index (χ1) is 13.0. The van der Waals surface area contributed by atoms with Crippen molar-refractivity contribution < 1.29 is 14.3 Å². The molecule has 1 aromatic heterocycles. The summed E-state index contributed by atoms with van der Waals surface area (Å²) in [6.07, 6.45) is 4.07. The summed E-state index contributed by atoms with van der Waals surface area (Å²) in [5.74, 6) is -0.920. The normalized spacial score (nSPS) is 12.0. The molecule has 1 heterocycles. The number of thioether (sulfide) groups is 1. The number of aromatic amines is 1. The van der Waals surface area contributed by atoms with Gasteiger partial charge in [0, 0.05) is 28.4 Å². The van der Waals surface area contributed by atoms with E-state index in [0.717, 1.165) is 21.4 Å². The van der Waals surface area contributed by atoms with Gasteiger partial charge in [0.1, 0.15) is 6.04 Å². The molecular weight excluding hydrogens is 384 g/mol. The standard InChI is InChI=1S/C20H19ClN2O3S/c1-26-20(25)18(9-12-11-22-17-6-4-3-5-14(12)17)23-19(24)15-10-13(27-2)7-8-16(15)21/h3-8,10-11,18,22H,9H2,1-2H3,(H,23,24). The van der Waals surface area contributed by atoms with Crippen LogP contribution in [0.2, 0.25) is 5.02 Å². The van der Waals surface area contributed by atoms with Gasteiger partial charge < -0.3 is 15.0 Å². The summed E-state index contributed by atoms with van der Waals surface area (Å²) in [5, 5.41) is 4.10. The Morgan fingerprint density at radius 1 is 1.26 bits per heavy atom.